The van der Waals surface area contributed by atoms with Crippen molar-refractivity contribution in [3.63, 3.8) is 0 Å². The van der Waals surface area contributed by atoms with Gasteiger partial charge in [0.15, 0.2) is 0 Å². The molecule has 1 aliphatic heterocycles. The smallest absolute Gasteiger partial charge is 0.287 e. The minimum absolute atomic E-state index is 0.0461. The maximum atomic E-state index is 10.9. The number of benzene rings is 1. The number of aromatic nitrogens is 1. The summed E-state index contributed by atoms with van der Waals surface area (Å²) < 4.78 is 0. The van der Waals surface area contributed by atoms with Gasteiger partial charge in [-0.15, -0.1) is 11.3 Å². The van der Waals surface area contributed by atoms with Crippen LogP contribution in [0.4, 0.5) is 5.69 Å². The lowest BCUT2D eigenvalue weighted by molar-refractivity contribution is -0.384. The van der Waals surface area contributed by atoms with E-state index in [-0.39, 0.29) is 10.7 Å². The Morgan fingerprint density at radius 1 is 1.48 bits per heavy atom. The molecule has 0 aliphatic carbocycles. The molecule has 8 heteroatoms. The molecule has 0 amide bonds. The SMILES string of the molecule is Cc1ncsc1CN(Cc1ccc([N+](=O)[O-])c(Cl)c1)CC1CCNC1. The Hall–Kier alpha value is -1.54. The van der Waals surface area contributed by atoms with Crippen molar-refractivity contribution in [3.05, 3.63) is 55.0 Å². The third kappa shape index (κ3) is 4.76. The fourth-order valence-electron chi connectivity index (χ4n) is 3.16. The summed E-state index contributed by atoms with van der Waals surface area (Å²) in [7, 11) is 0. The van der Waals surface area contributed by atoms with Crippen LogP contribution < -0.4 is 5.32 Å². The summed E-state index contributed by atoms with van der Waals surface area (Å²) in [5.74, 6) is 0.627. The van der Waals surface area contributed by atoms with Gasteiger partial charge in [0.1, 0.15) is 5.02 Å². The number of aryl methyl sites for hydroxylation is 1. The van der Waals surface area contributed by atoms with Crippen LogP contribution >= 0.6 is 22.9 Å². The van der Waals surface area contributed by atoms with Crippen LogP contribution in [-0.4, -0.2) is 34.4 Å². The van der Waals surface area contributed by atoms with Gasteiger partial charge in [-0.25, -0.2) is 4.98 Å². The van der Waals surface area contributed by atoms with E-state index in [2.05, 4.69) is 15.2 Å². The minimum atomic E-state index is -0.450. The summed E-state index contributed by atoms with van der Waals surface area (Å²) in [5.41, 5.74) is 3.89. The van der Waals surface area contributed by atoms with Gasteiger partial charge >= 0.3 is 0 Å². The molecule has 25 heavy (non-hydrogen) atoms. The van der Waals surface area contributed by atoms with Gasteiger partial charge in [-0.1, -0.05) is 17.7 Å². The monoisotopic (exact) mass is 380 g/mol. The van der Waals surface area contributed by atoms with E-state index in [9.17, 15) is 10.1 Å². The van der Waals surface area contributed by atoms with Crippen LogP contribution in [0.25, 0.3) is 0 Å². The molecule has 1 aromatic heterocycles. The average Bonchev–Trinajstić information content (AvgIpc) is 3.19. The zero-order valence-electron chi connectivity index (χ0n) is 14.1. The predicted molar refractivity (Wildman–Crippen MR) is 100 cm³/mol. The zero-order chi connectivity index (χ0) is 17.8. The first-order chi connectivity index (χ1) is 12.0. The molecule has 1 atom stereocenters. The average molecular weight is 381 g/mol. The molecule has 1 unspecified atom stereocenters. The van der Waals surface area contributed by atoms with Gasteiger partial charge in [0, 0.05) is 30.6 Å². The van der Waals surface area contributed by atoms with E-state index in [0.717, 1.165) is 37.4 Å². The second kappa shape index (κ2) is 8.23. The summed E-state index contributed by atoms with van der Waals surface area (Å²) in [6.07, 6.45) is 1.18. The van der Waals surface area contributed by atoms with Crippen molar-refractivity contribution >= 4 is 28.6 Å². The number of rotatable bonds is 7. The number of nitro benzene ring substituents is 1. The van der Waals surface area contributed by atoms with Crippen molar-refractivity contribution < 1.29 is 4.92 Å². The van der Waals surface area contributed by atoms with E-state index in [1.54, 1.807) is 23.5 Å². The number of nitrogens with zero attached hydrogens (tertiary/aromatic N) is 3. The normalized spacial score (nSPS) is 17.3. The third-order valence-corrected chi connectivity index (χ3v) is 5.73. The number of hydrogen-bond donors (Lipinski definition) is 1. The van der Waals surface area contributed by atoms with Crippen LogP contribution in [0.15, 0.2) is 23.7 Å². The van der Waals surface area contributed by atoms with Crippen molar-refractivity contribution in [1.29, 1.82) is 0 Å². The summed E-state index contributed by atoms with van der Waals surface area (Å²) in [6, 6.07) is 4.99. The highest BCUT2D eigenvalue weighted by Gasteiger charge is 2.20. The lowest BCUT2D eigenvalue weighted by atomic mass is 10.1. The Bertz CT molecular complexity index is 746. The summed E-state index contributed by atoms with van der Waals surface area (Å²) in [6.45, 7) is 6.68. The molecule has 1 aliphatic rings. The van der Waals surface area contributed by atoms with Gasteiger partial charge in [-0.05, 0) is 44.0 Å². The summed E-state index contributed by atoms with van der Waals surface area (Å²) >= 11 is 7.74. The van der Waals surface area contributed by atoms with Crippen LogP contribution in [0.2, 0.25) is 5.02 Å². The number of thiazole rings is 1. The molecule has 2 aromatic rings. The molecule has 1 saturated heterocycles. The molecule has 0 spiro atoms. The molecule has 1 fully saturated rings. The Kier molecular flexibility index (Phi) is 6.01. The van der Waals surface area contributed by atoms with Gasteiger partial charge in [0.05, 0.1) is 16.1 Å². The molecule has 0 radical (unpaired) electrons. The first-order valence-electron chi connectivity index (χ1n) is 8.28. The Morgan fingerprint density at radius 3 is 2.92 bits per heavy atom. The highest BCUT2D eigenvalue weighted by molar-refractivity contribution is 7.09. The van der Waals surface area contributed by atoms with E-state index in [0.29, 0.717) is 12.5 Å². The van der Waals surface area contributed by atoms with E-state index in [1.165, 1.54) is 17.4 Å². The van der Waals surface area contributed by atoms with Crippen molar-refractivity contribution in [1.82, 2.24) is 15.2 Å². The van der Waals surface area contributed by atoms with Crippen molar-refractivity contribution in [2.24, 2.45) is 5.92 Å². The summed E-state index contributed by atoms with van der Waals surface area (Å²) in [5, 5.41) is 14.5. The molecule has 6 nitrogen and oxygen atoms in total. The third-order valence-electron chi connectivity index (χ3n) is 4.51. The first-order valence-corrected chi connectivity index (χ1v) is 9.53. The predicted octanol–water partition coefficient (Wildman–Crippen LogP) is 3.62. The van der Waals surface area contributed by atoms with Crippen LogP contribution in [-0.2, 0) is 13.1 Å². The molecule has 1 N–H and O–H groups in total. The van der Waals surface area contributed by atoms with Crippen molar-refractivity contribution in [2.45, 2.75) is 26.4 Å². The molecule has 2 heterocycles. The number of halogens is 1. The van der Waals surface area contributed by atoms with E-state index >= 15 is 0 Å². The number of nitro groups is 1. The fraction of sp³-hybridized carbons (Fsp3) is 0.471. The van der Waals surface area contributed by atoms with Crippen LogP contribution in [0.3, 0.4) is 0 Å². The van der Waals surface area contributed by atoms with Gasteiger partial charge in [0.25, 0.3) is 5.69 Å². The molecular formula is C17H21ClN4O2S. The van der Waals surface area contributed by atoms with E-state index < -0.39 is 4.92 Å². The minimum Gasteiger partial charge on any atom is -0.316 e. The van der Waals surface area contributed by atoms with Gasteiger partial charge < -0.3 is 5.32 Å². The van der Waals surface area contributed by atoms with Gasteiger partial charge in [-0.3, -0.25) is 15.0 Å². The molecule has 0 bridgehead atoms. The second-order valence-corrected chi connectivity index (χ2v) is 7.78. The lowest BCUT2D eigenvalue weighted by Crippen LogP contribution is -2.30. The maximum absolute atomic E-state index is 10.9. The van der Waals surface area contributed by atoms with Crippen molar-refractivity contribution in [2.75, 3.05) is 19.6 Å². The maximum Gasteiger partial charge on any atom is 0.287 e. The molecule has 134 valence electrons. The summed E-state index contributed by atoms with van der Waals surface area (Å²) in [4.78, 5) is 18.5. The Labute approximate surface area is 156 Å². The Morgan fingerprint density at radius 2 is 2.32 bits per heavy atom. The van der Waals surface area contributed by atoms with Crippen LogP contribution in [0.1, 0.15) is 22.6 Å². The van der Waals surface area contributed by atoms with Crippen LogP contribution in [0, 0.1) is 23.0 Å². The van der Waals surface area contributed by atoms with Gasteiger partial charge in [0.2, 0.25) is 0 Å². The number of nitrogens with one attached hydrogen (secondary N) is 1. The molecule has 1 aromatic carbocycles. The molecule has 0 saturated carbocycles. The second-order valence-electron chi connectivity index (χ2n) is 6.43. The standard InChI is InChI=1S/C17H21ClN4O2S/c1-12-17(25-11-20-12)10-21(9-14-4-5-19-7-14)8-13-2-3-16(22(23)24)15(18)6-13/h2-3,6,11,14,19H,4-5,7-10H2,1H3. The lowest BCUT2D eigenvalue weighted by Gasteiger charge is -2.25. The molecular weight excluding hydrogens is 360 g/mol. The van der Waals surface area contributed by atoms with Crippen LogP contribution in [0.5, 0.6) is 0 Å². The topological polar surface area (TPSA) is 71.3 Å². The van der Waals surface area contributed by atoms with Gasteiger partial charge in [-0.2, -0.15) is 0 Å². The van der Waals surface area contributed by atoms with E-state index in [4.69, 9.17) is 11.6 Å². The quantitative estimate of drug-likeness (QED) is 0.586. The highest BCUT2D eigenvalue weighted by atomic mass is 35.5. The molecule has 3 rings (SSSR count). The van der Waals surface area contributed by atoms with E-state index in [1.807, 2.05) is 12.4 Å². The largest absolute Gasteiger partial charge is 0.316 e. The fourth-order valence-corrected chi connectivity index (χ4v) is 4.25. The number of hydrogen-bond acceptors (Lipinski definition) is 6. The Balaban J connectivity index is 1.75. The zero-order valence-corrected chi connectivity index (χ0v) is 15.6. The highest BCUT2D eigenvalue weighted by Crippen LogP contribution is 2.26. The van der Waals surface area contributed by atoms with Crippen molar-refractivity contribution in [3.8, 4) is 0 Å². The first kappa shape index (κ1) is 18.3.